The molecule has 90 valence electrons. The molecule has 0 atom stereocenters. The molecule has 1 aromatic rings. The molecule has 0 spiro atoms. The number of hydrogen-bond donors (Lipinski definition) is 2. The van der Waals surface area contributed by atoms with Gasteiger partial charge in [0, 0.05) is 8.59 Å². The lowest BCUT2D eigenvalue weighted by Gasteiger charge is -2.12. The number of benzene rings is 1. The van der Waals surface area contributed by atoms with Crippen molar-refractivity contribution >= 4 is 51.8 Å². The van der Waals surface area contributed by atoms with E-state index in [1.165, 1.54) is 0 Å². The number of rotatable bonds is 3. The van der Waals surface area contributed by atoms with E-state index in [2.05, 4.69) is 5.32 Å². The van der Waals surface area contributed by atoms with Gasteiger partial charge in [-0.15, -0.1) is 0 Å². The fourth-order valence-electron chi connectivity index (χ4n) is 1.50. The predicted octanol–water partition coefficient (Wildman–Crippen LogP) is 2.75. The Morgan fingerprint density at radius 3 is 2.53 bits per heavy atom. The summed E-state index contributed by atoms with van der Waals surface area (Å²) >= 11 is 7.83. The first-order valence-electron chi connectivity index (χ1n) is 4.95. The lowest BCUT2D eigenvalue weighted by Crippen LogP contribution is -2.31. The van der Waals surface area contributed by atoms with E-state index < -0.39 is 17.3 Å². The van der Waals surface area contributed by atoms with Gasteiger partial charge in [-0.25, -0.2) is 0 Å². The van der Waals surface area contributed by atoms with Crippen LogP contribution in [0.15, 0.2) is 18.2 Å². The molecular weight excluding hydrogens is 356 g/mol. The van der Waals surface area contributed by atoms with E-state index in [9.17, 15) is 9.59 Å². The molecule has 1 aliphatic carbocycles. The van der Waals surface area contributed by atoms with Crippen molar-refractivity contribution in [2.45, 2.75) is 12.8 Å². The highest BCUT2D eigenvalue weighted by Crippen LogP contribution is 2.46. The lowest BCUT2D eigenvalue weighted by atomic mass is 10.1. The van der Waals surface area contributed by atoms with Crippen molar-refractivity contribution < 1.29 is 14.7 Å². The van der Waals surface area contributed by atoms with Gasteiger partial charge in [-0.1, -0.05) is 11.6 Å². The van der Waals surface area contributed by atoms with Gasteiger partial charge in [-0.05, 0) is 53.6 Å². The minimum absolute atomic E-state index is 0.401. The van der Waals surface area contributed by atoms with Gasteiger partial charge in [-0.3, -0.25) is 9.59 Å². The molecule has 0 saturated heterocycles. The molecule has 1 fully saturated rings. The third kappa shape index (κ3) is 2.40. The number of carbonyl (C=O) groups is 2. The molecule has 1 aromatic carbocycles. The van der Waals surface area contributed by atoms with Gasteiger partial charge in [0.05, 0.1) is 5.69 Å². The Kier molecular flexibility index (Phi) is 3.31. The summed E-state index contributed by atoms with van der Waals surface area (Å²) in [5.41, 5.74) is -0.629. The highest BCUT2D eigenvalue weighted by Gasteiger charge is 2.57. The topological polar surface area (TPSA) is 66.4 Å². The summed E-state index contributed by atoms with van der Waals surface area (Å²) in [7, 11) is 0. The van der Waals surface area contributed by atoms with Crippen LogP contribution in [0.3, 0.4) is 0 Å². The first-order chi connectivity index (χ1) is 7.95. The average Bonchev–Trinajstić information content (AvgIpc) is 3.02. The van der Waals surface area contributed by atoms with Crippen molar-refractivity contribution in [3.63, 3.8) is 0 Å². The summed E-state index contributed by atoms with van der Waals surface area (Å²) in [6.07, 6.45) is 0.802. The van der Waals surface area contributed by atoms with Crippen molar-refractivity contribution in [2.75, 3.05) is 5.32 Å². The Morgan fingerprint density at radius 2 is 2.06 bits per heavy atom. The molecule has 1 amide bonds. The molecule has 2 rings (SSSR count). The van der Waals surface area contributed by atoms with Crippen molar-refractivity contribution in [3.8, 4) is 0 Å². The smallest absolute Gasteiger partial charge is 0.319 e. The SMILES string of the molecule is O=C(O)C1(C(=O)Nc2ccc(Cl)cc2I)CC1. The molecule has 4 nitrogen and oxygen atoms in total. The number of anilines is 1. The number of carboxylic acids is 1. The summed E-state index contributed by atoms with van der Waals surface area (Å²) in [5, 5.41) is 12.2. The third-order valence-corrected chi connectivity index (χ3v) is 3.90. The number of carbonyl (C=O) groups excluding carboxylic acids is 1. The molecule has 17 heavy (non-hydrogen) atoms. The second-order valence-electron chi connectivity index (χ2n) is 3.97. The van der Waals surface area contributed by atoms with Gasteiger partial charge in [0.25, 0.3) is 0 Å². The number of halogens is 2. The molecule has 0 aromatic heterocycles. The van der Waals surface area contributed by atoms with Crippen LogP contribution in [-0.4, -0.2) is 17.0 Å². The quantitative estimate of drug-likeness (QED) is 0.639. The van der Waals surface area contributed by atoms with E-state index in [1.807, 2.05) is 22.6 Å². The molecule has 6 heteroatoms. The van der Waals surface area contributed by atoms with E-state index in [0.717, 1.165) is 3.57 Å². The first-order valence-corrected chi connectivity index (χ1v) is 6.41. The van der Waals surface area contributed by atoms with Gasteiger partial charge < -0.3 is 10.4 Å². The zero-order valence-corrected chi connectivity index (χ0v) is 11.6. The van der Waals surface area contributed by atoms with Crippen molar-refractivity contribution in [3.05, 3.63) is 26.8 Å². The zero-order chi connectivity index (χ0) is 12.6. The van der Waals surface area contributed by atoms with Crippen LogP contribution in [0.25, 0.3) is 0 Å². The summed E-state index contributed by atoms with van der Waals surface area (Å²) in [4.78, 5) is 22.8. The van der Waals surface area contributed by atoms with Gasteiger partial charge in [0.2, 0.25) is 5.91 Å². The minimum atomic E-state index is -1.22. The zero-order valence-electron chi connectivity index (χ0n) is 8.67. The van der Waals surface area contributed by atoms with Crippen molar-refractivity contribution in [1.82, 2.24) is 0 Å². The van der Waals surface area contributed by atoms with Crippen LogP contribution in [0.4, 0.5) is 5.69 Å². The lowest BCUT2D eigenvalue weighted by molar-refractivity contribution is -0.147. The summed E-state index contributed by atoms with van der Waals surface area (Å²) in [6, 6.07) is 5.03. The standard InChI is InChI=1S/C11H9ClINO3/c12-6-1-2-8(7(13)5-6)14-9(15)11(3-4-11)10(16)17/h1-2,5H,3-4H2,(H,14,15)(H,16,17). The fraction of sp³-hybridized carbons (Fsp3) is 0.273. The van der Waals surface area contributed by atoms with Crippen LogP contribution < -0.4 is 5.32 Å². The Morgan fingerprint density at radius 1 is 1.41 bits per heavy atom. The molecule has 0 aliphatic heterocycles. The maximum absolute atomic E-state index is 11.8. The second-order valence-corrected chi connectivity index (χ2v) is 5.56. The van der Waals surface area contributed by atoms with E-state index >= 15 is 0 Å². The van der Waals surface area contributed by atoms with Crippen molar-refractivity contribution in [1.29, 1.82) is 0 Å². The van der Waals surface area contributed by atoms with Crippen LogP contribution in [0.2, 0.25) is 5.02 Å². The van der Waals surface area contributed by atoms with E-state index in [0.29, 0.717) is 23.6 Å². The van der Waals surface area contributed by atoms with Crippen LogP contribution in [0, 0.1) is 8.99 Å². The number of carboxylic acid groups (broad SMARTS) is 1. The largest absolute Gasteiger partial charge is 0.480 e. The highest BCUT2D eigenvalue weighted by atomic mass is 127. The molecule has 0 unspecified atom stereocenters. The summed E-state index contributed by atoms with van der Waals surface area (Å²) < 4.78 is 0.782. The Bertz CT molecular complexity index is 499. The van der Waals surface area contributed by atoms with E-state index in [1.54, 1.807) is 18.2 Å². The number of nitrogens with one attached hydrogen (secondary N) is 1. The highest BCUT2D eigenvalue weighted by molar-refractivity contribution is 14.1. The Balaban J connectivity index is 2.17. The Labute approximate surface area is 116 Å². The minimum Gasteiger partial charge on any atom is -0.480 e. The third-order valence-electron chi connectivity index (χ3n) is 2.77. The predicted molar refractivity (Wildman–Crippen MR) is 72.1 cm³/mol. The van der Waals surface area contributed by atoms with Gasteiger partial charge in [-0.2, -0.15) is 0 Å². The van der Waals surface area contributed by atoms with Gasteiger partial charge in [0.15, 0.2) is 0 Å². The maximum Gasteiger partial charge on any atom is 0.319 e. The maximum atomic E-state index is 11.8. The average molecular weight is 366 g/mol. The van der Waals surface area contributed by atoms with Crippen LogP contribution in [-0.2, 0) is 9.59 Å². The number of aliphatic carboxylic acids is 1. The Hall–Kier alpha value is -0.820. The van der Waals surface area contributed by atoms with Gasteiger partial charge >= 0.3 is 5.97 Å². The van der Waals surface area contributed by atoms with Crippen LogP contribution in [0.1, 0.15) is 12.8 Å². The molecule has 2 N–H and O–H groups in total. The second kappa shape index (κ2) is 4.45. The number of hydrogen-bond acceptors (Lipinski definition) is 2. The normalized spacial score (nSPS) is 16.4. The fourth-order valence-corrected chi connectivity index (χ4v) is 2.50. The van der Waals surface area contributed by atoms with E-state index in [4.69, 9.17) is 16.7 Å². The first kappa shape index (κ1) is 12.6. The summed E-state index contributed by atoms with van der Waals surface area (Å²) in [6.45, 7) is 0. The monoisotopic (exact) mass is 365 g/mol. The molecule has 0 heterocycles. The van der Waals surface area contributed by atoms with E-state index in [-0.39, 0.29) is 0 Å². The van der Waals surface area contributed by atoms with Crippen LogP contribution in [0.5, 0.6) is 0 Å². The van der Waals surface area contributed by atoms with Crippen LogP contribution >= 0.6 is 34.2 Å². The summed E-state index contributed by atoms with van der Waals surface area (Å²) in [5.74, 6) is -1.51. The molecule has 0 bridgehead atoms. The molecule has 0 radical (unpaired) electrons. The number of amides is 1. The molecule has 1 saturated carbocycles. The molecule has 1 aliphatic rings. The van der Waals surface area contributed by atoms with Crippen molar-refractivity contribution in [2.24, 2.45) is 5.41 Å². The molecular formula is C11H9ClINO3. The van der Waals surface area contributed by atoms with Gasteiger partial charge in [0.1, 0.15) is 5.41 Å².